The van der Waals surface area contributed by atoms with E-state index in [1.165, 1.54) is 6.26 Å². The molecule has 21 heavy (non-hydrogen) atoms. The number of nitrogens with one attached hydrogen (secondary N) is 1. The first-order valence-corrected chi connectivity index (χ1v) is 9.62. The number of aliphatic carboxylic acids is 1. The van der Waals surface area contributed by atoms with Crippen LogP contribution in [-0.4, -0.2) is 68.1 Å². The van der Waals surface area contributed by atoms with Gasteiger partial charge >= 0.3 is 5.97 Å². The van der Waals surface area contributed by atoms with Crippen molar-refractivity contribution in [2.75, 3.05) is 32.1 Å². The van der Waals surface area contributed by atoms with E-state index in [0.29, 0.717) is 25.9 Å². The maximum Gasteiger partial charge on any atom is 0.323 e. The first kappa shape index (κ1) is 18.4. The van der Waals surface area contributed by atoms with Crippen molar-refractivity contribution >= 4 is 15.8 Å². The van der Waals surface area contributed by atoms with E-state index < -0.39 is 21.3 Å². The summed E-state index contributed by atoms with van der Waals surface area (Å²) in [6.07, 6.45) is 5.05. The van der Waals surface area contributed by atoms with E-state index in [-0.39, 0.29) is 11.8 Å². The lowest BCUT2D eigenvalue weighted by Gasteiger charge is -2.41. The lowest BCUT2D eigenvalue weighted by Crippen LogP contribution is -2.58. The van der Waals surface area contributed by atoms with Gasteiger partial charge in [-0.25, -0.2) is 8.42 Å². The summed E-state index contributed by atoms with van der Waals surface area (Å²) in [5, 5.41) is 12.8. The number of carbonyl (C=O) groups is 1. The number of nitrogens with zero attached hydrogens (tertiary/aromatic N) is 1. The molecule has 0 amide bonds. The highest BCUT2D eigenvalue weighted by Gasteiger charge is 2.43. The van der Waals surface area contributed by atoms with Gasteiger partial charge in [0.05, 0.1) is 5.75 Å². The SMILES string of the molecule is CCCNC1(C(=O)O)CCCC(N(C)CCS(C)(=O)=O)C1. The summed E-state index contributed by atoms with van der Waals surface area (Å²) in [6, 6.07) is 0.112. The molecule has 6 nitrogen and oxygen atoms in total. The van der Waals surface area contributed by atoms with Crippen molar-refractivity contribution in [1.29, 1.82) is 0 Å². The Hall–Kier alpha value is -0.660. The molecule has 124 valence electrons. The van der Waals surface area contributed by atoms with Crippen molar-refractivity contribution in [3.63, 3.8) is 0 Å². The Morgan fingerprint density at radius 3 is 2.67 bits per heavy atom. The van der Waals surface area contributed by atoms with Crippen LogP contribution in [-0.2, 0) is 14.6 Å². The largest absolute Gasteiger partial charge is 0.480 e. The van der Waals surface area contributed by atoms with Crippen molar-refractivity contribution in [3.8, 4) is 0 Å². The van der Waals surface area contributed by atoms with Gasteiger partial charge in [0.15, 0.2) is 0 Å². The molecular formula is C14H28N2O4S. The van der Waals surface area contributed by atoms with Gasteiger partial charge in [-0.05, 0) is 45.7 Å². The third-order valence-corrected chi connectivity index (χ3v) is 5.21. The molecular weight excluding hydrogens is 292 g/mol. The fourth-order valence-corrected chi connectivity index (χ4v) is 3.53. The normalized spacial score (nSPS) is 27.0. The molecule has 0 spiro atoms. The van der Waals surface area contributed by atoms with Crippen LogP contribution in [0.2, 0.25) is 0 Å². The first-order chi connectivity index (χ1) is 9.70. The first-order valence-electron chi connectivity index (χ1n) is 7.56. The third-order valence-electron chi connectivity index (χ3n) is 4.29. The van der Waals surface area contributed by atoms with Gasteiger partial charge < -0.3 is 15.3 Å². The standard InChI is InChI=1S/C14H28N2O4S/c1-4-8-15-14(13(17)18)7-5-6-12(11-14)16(2)9-10-21(3,19)20/h12,15H,4-11H2,1-3H3,(H,17,18). The lowest BCUT2D eigenvalue weighted by molar-refractivity contribution is -0.147. The van der Waals surface area contributed by atoms with Gasteiger partial charge in [-0.1, -0.05) is 6.92 Å². The molecule has 1 rings (SSSR count). The van der Waals surface area contributed by atoms with Crippen molar-refractivity contribution < 1.29 is 18.3 Å². The van der Waals surface area contributed by atoms with Crippen LogP contribution in [0, 0.1) is 0 Å². The Morgan fingerprint density at radius 1 is 1.48 bits per heavy atom. The second kappa shape index (κ2) is 7.56. The molecule has 0 radical (unpaired) electrons. The highest BCUT2D eigenvalue weighted by Crippen LogP contribution is 2.31. The Balaban J connectivity index is 2.70. The molecule has 2 atom stereocenters. The zero-order chi connectivity index (χ0) is 16.1. The Morgan fingerprint density at radius 2 is 2.14 bits per heavy atom. The van der Waals surface area contributed by atoms with E-state index in [1.54, 1.807) is 0 Å². The van der Waals surface area contributed by atoms with Crippen LogP contribution in [0.3, 0.4) is 0 Å². The molecule has 0 saturated heterocycles. The topological polar surface area (TPSA) is 86.7 Å². The van der Waals surface area contributed by atoms with Gasteiger partial charge in [-0.3, -0.25) is 4.79 Å². The number of rotatable bonds is 8. The molecule has 0 aromatic carbocycles. The molecule has 1 fully saturated rings. The minimum atomic E-state index is -2.99. The summed E-state index contributed by atoms with van der Waals surface area (Å²) in [5.74, 6) is -0.681. The molecule has 2 N–H and O–H groups in total. The van der Waals surface area contributed by atoms with Crippen LogP contribution in [0.25, 0.3) is 0 Å². The minimum absolute atomic E-state index is 0.112. The van der Waals surface area contributed by atoms with Crippen LogP contribution >= 0.6 is 0 Å². The summed E-state index contributed by atoms with van der Waals surface area (Å²) >= 11 is 0. The van der Waals surface area contributed by atoms with Crippen molar-refractivity contribution in [3.05, 3.63) is 0 Å². The summed E-state index contributed by atoms with van der Waals surface area (Å²) < 4.78 is 22.5. The number of hydrogen-bond donors (Lipinski definition) is 2. The van der Waals surface area contributed by atoms with Crippen molar-refractivity contribution in [1.82, 2.24) is 10.2 Å². The summed E-state index contributed by atoms with van der Waals surface area (Å²) in [4.78, 5) is 13.7. The molecule has 0 aromatic heterocycles. The molecule has 1 aliphatic carbocycles. The highest BCUT2D eigenvalue weighted by molar-refractivity contribution is 7.90. The number of carboxylic acid groups (broad SMARTS) is 1. The predicted molar refractivity (Wildman–Crippen MR) is 83.3 cm³/mol. The number of sulfone groups is 1. The van der Waals surface area contributed by atoms with Crippen molar-refractivity contribution in [2.24, 2.45) is 0 Å². The van der Waals surface area contributed by atoms with Crippen LogP contribution in [0.5, 0.6) is 0 Å². The van der Waals surface area contributed by atoms with Gasteiger partial charge in [-0.15, -0.1) is 0 Å². The summed E-state index contributed by atoms with van der Waals surface area (Å²) in [7, 11) is -1.11. The minimum Gasteiger partial charge on any atom is -0.480 e. The van der Waals surface area contributed by atoms with Gasteiger partial charge in [0, 0.05) is 18.8 Å². The molecule has 1 saturated carbocycles. The van der Waals surface area contributed by atoms with E-state index in [1.807, 2.05) is 18.9 Å². The third kappa shape index (κ3) is 5.56. The highest BCUT2D eigenvalue weighted by atomic mass is 32.2. The average Bonchev–Trinajstić information content (AvgIpc) is 2.41. The molecule has 2 unspecified atom stereocenters. The quantitative estimate of drug-likeness (QED) is 0.685. The van der Waals surface area contributed by atoms with E-state index in [9.17, 15) is 18.3 Å². The monoisotopic (exact) mass is 320 g/mol. The van der Waals surface area contributed by atoms with Crippen LogP contribution in [0.1, 0.15) is 39.0 Å². The van der Waals surface area contributed by atoms with Crippen LogP contribution in [0.15, 0.2) is 0 Å². The van der Waals surface area contributed by atoms with Gasteiger partial charge in [-0.2, -0.15) is 0 Å². The van der Waals surface area contributed by atoms with E-state index in [2.05, 4.69) is 5.32 Å². The Labute approximate surface area is 127 Å². The fourth-order valence-electron chi connectivity index (χ4n) is 2.91. The van der Waals surface area contributed by atoms with E-state index in [4.69, 9.17) is 0 Å². The molecule has 0 aromatic rings. The van der Waals surface area contributed by atoms with Gasteiger partial charge in [0.1, 0.15) is 15.4 Å². The predicted octanol–water partition coefficient (Wildman–Crippen LogP) is 0.728. The number of carboxylic acids is 1. The maximum absolute atomic E-state index is 11.7. The summed E-state index contributed by atoms with van der Waals surface area (Å²) in [5.41, 5.74) is -0.863. The van der Waals surface area contributed by atoms with Crippen LogP contribution in [0.4, 0.5) is 0 Å². The van der Waals surface area contributed by atoms with Gasteiger partial charge in [0.25, 0.3) is 0 Å². The zero-order valence-corrected chi connectivity index (χ0v) is 14.1. The fraction of sp³-hybridized carbons (Fsp3) is 0.929. The second-order valence-electron chi connectivity index (χ2n) is 6.17. The summed E-state index contributed by atoms with van der Waals surface area (Å²) in [6.45, 7) is 3.15. The second-order valence-corrected chi connectivity index (χ2v) is 8.43. The average molecular weight is 320 g/mol. The van der Waals surface area contributed by atoms with E-state index in [0.717, 1.165) is 19.3 Å². The van der Waals surface area contributed by atoms with Crippen LogP contribution < -0.4 is 5.32 Å². The van der Waals surface area contributed by atoms with Crippen molar-refractivity contribution in [2.45, 2.75) is 50.6 Å². The lowest BCUT2D eigenvalue weighted by atomic mass is 9.78. The molecule has 0 aliphatic heterocycles. The van der Waals surface area contributed by atoms with E-state index >= 15 is 0 Å². The Kier molecular flexibility index (Phi) is 6.62. The smallest absolute Gasteiger partial charge is 0.323 e. The molecule has 1 aliphatic rings. The Bertz CT molecular complexity index is 452. The maximum atomic E-state index is 11.7. The molecule has 7 heteroatoms. The zero-order valence-electron chi connectivity index (χ0n) is 13.3. The van der Waals surface area contributed by atoms with Gasteiger partial charge in [0.2, 0.25) is 0 Å². The molecule has 0 heterocycles. The number of hydrogen-bond acceptors (Lipinski definition) is 5. The molecule has 0 bridgehead atoms.